The number of rotatable bonds is 2. The highest BCUT2D eigenvalue weighted by Crippen LogP contribution is 2.26. The van der Waals surface area contributed by atoms with E-state index in [0.29, 0.717) is 18.9 Å². The standard InChI is InChI=1S/C11H18N4O3/c1-11(2)5-15(3-7(4-16)18-11)9-8(12)10(17)14-6-13-9/h6-7,16H,3-5,12H2,1-2H3,(H,13,14,17). The molecular formula is C11H18N4O3. The number of nitrogen functional groups attached to an aromatic ring is 1. The summed E-state index contributed by atoms with van der Waals surface area (Å²) in [6.07, 6.45) is 1.01. The molecule has 0 saturated carbocycles. The van der Waals surface area contributed by atoms with Crippen molar-refractivity contribution in [3.63, 3.8) is 0 Å². The second kappa shape index (κ2) is 4.58. The third-order valence-corrected chi connectivity index (χ3v) is 2.85. The van der Waals surface area contributed by atoms with E-state index in [1.54, 1.807) is 0 Å². The Kier molecular flexibility index (Phi) is 3.27. The number of nitrogens with zero attached hydrogens (tertiary/aromatic N) is 2. The minimum absolute atomic E-state index is 0.0803. The number of H-pyrrole nitrogens is 1. The van der Waals surface area contributed by atoms with Gasteiger partial charge in [0, 0.05) is 13.1 Å². The number of ether oxygens (including phenoxy) is 1. The van der Waals surface area contributed by atoms with E-state index >= 15 is 0 Å². The number of morpholine rings is 1. The summed E-state index contributed by atoms with van der Waals surface area (Å²) in [6, 6.07) is 0. The maximum absolute atomic E-state index is 11.5. The molecule has 1 aliphatic rings. The molecule has 7 nitrogen and oxygen atoms in total. The maximum atomic E-state index is 11.5. The fourth-order valence-electron chi connectivity index (χ4n) is 2.20. The molecule has 0 radical (unpaired) electrons. The SMILES string of the molecule is CC1(C)CN(c2nc[nH]c(=O)c2N)CC(CO)O1. The van der Waals surface area contributed by atoms with Gasteiger partial charge in [0.2, 0.25) is 0 Å². The first kappa shape index (κ1) is 12.8. The van der Waals surface area contributed by atoms with Gasteiger partial charge in [-0.25, -0.2) is 4.98 Å². The van der Waals surface area contributed by atoms with Gasteiger partial charge in [0.05, 0.1) is 24.6 Å². The number of anilines is 2. The Morgan fingerprint density at radius 2 is 2.44 bits per heavy atom. The lowest BCUT2D eigenvalue weighted by atomic mass is 10.1. The first-order valence-electron chi connectivity index (χ1n) is 5.80. The van der Waals surface area contributed by atoms with Crippen LogP contribution < -0.4 is 16.2 Å². The molecule has 1 saturated heterocycles. The summed E-state index contributed by atoms with van der Waals surface area (Å²) >= 11 is 0. The van der Waals surface area contributed by atoms with E-state index in [0.717, 1.165) is 0 Å². The van der Waals surface area contributed by atoms with Crippen molar-refractivity contribution < 1.29 is 9.84 Å². The molecule has 4 N–H and O–H groups in total. The summed E-state index contributed by atoms with van der Waals surface area (Å²) in [6.45, 7) is 4.78. The highest BCUT2D eigenvalue weighted by molar-refractivity contribution is 5.61. The molecular weight excluding hydrogens is 236 g/mol. The van der Waals surface area contributed by atoms with Crippen molar-refractivity contribution in [2.45, 2.75) is 25.6 Å². The van der Waals surface area contributed by atoms with E-state index in [2.05, 4.69) is 9.97 Å². The molecule has 1 fully saturated rings. The van der Waals surface area contributed by atoms with Gasteiger partial charge >= 0.3 is 0 Å². The van der Waals surface area contributed by atoms with E-state index < -0.39 is 5.60 Å². The molecule has 2 rings (SSSR count). The largest absolute Gasteiger partial charge is 0.394 e. The molecule has 0 spiro atoms. The second-order valence-electron chi connectivity index (χ2n) is 5.03. The normalized spacial score (nSPS) is 23.1. The van der Waals surface area contributed by atoms with Gasteiger partial charge in [-0.1, -0.05) is 0 Å². The quantitative estimate of drug-likeness (QED) is 0.646. The Labute approximate surface area is 105 Å². The van der Waals surface area contributed by atoms with Crippen LogP contribution in [0.2, 0.25) is 0 Å². The molecule has 7 heteroatoms. The first-order chi connectivity index (χ1) is 8.43. The molecule has 0 amide bonds. The molecule has 0 aliphatic carbocycles. The molecule has 1 aromatic rings. The Hall–Kier alpha value is -1.60. The number of nitrogens with one attached hydrogen (secondary N) is 1. The van der Waals surface area contributed by atoms with Crippen molar-refractivity contribution in [1.82, 2.24) is 9.97 Å². The van der Waals surface area contributed by atoms with Crippen molar-refractivity contribution in [3.8, 4) is 0 Å². The van der Waals surface area contributed by atoms with Crippen LogP contribution in [0.1, 0.15) is 13.8 Å². The molecule has 1 atom stereocenters. The van der Waals surface area contributed by atoms with Crippen LogP contribution >= 0.6 is 0 Å². The zero-order valence-corrected chi connectivity index (χ0v) is 10.5. The second-order valence-corrected chi connectivity index (χ2v) is 5.03. The number of nitrogens with two attached hydrogens (primary N) is 1. The van der Waals surface area contributed by atoms with E-state index in [4.69, 9.17) is 10.5 Å². The van der Waals surface area contributed by atoms with Crippen molar-refractivity contribution in [2.75, 3.05) is 30.3 Å². The summed E-state index contributed by atoms with van der Waals surface area (Å²) in [5, 5.41) is 9.24. The number of aliphatic hydroxyl groups is 1. The molecule has 18 heavy (non-hydrogen) atoms. The predicted molar refractivity (Wildman–Crippen MR) is 67.5 cm³/mol. The maximum Gasteiger partial charge on any atom is 0.276 e. The Balaban J connectivity index is 2.32. The third-order valence-electron chi connectivity index (χ3n) is 2.85. The van der Waals surface area contributed by atoms with Crippen LogP contribution in [-0.4, -0.2) is 46.5 Å². The average molecular weight is 254 g/mol. The first-order valence-corrected chi connectivity index (χ1v) is 5.80. The van der Waals surface area contributed by atoms with E-state index in [1.807, 2.05) is 18.7 Å². The summed E-state index contributed by atoms with van der Waals surface area (Å²) in [7, 11) is 0. The molecule has 0 aromatic carbocycles. The molecule has 0 bridgehead atoms. The Morgan fingerprint density at radius 3 is 3.11 bits per heavy atom. The molecule has 1 aromatic heterocycles. The number of hydrogen-bond acceptors (Lipinski definition) is 6. The summed E-state index contributed by atoms with van der Waals surface area (Å²) in [5.41, 5.74) is 5.04. The van der Waals surface area contributed by atoms with Crippen LogP contribution in [-0.2, 0) is 4.74 Å². The van der Waals surface area contributed by atoms with Gasteiger partial charge in [-0.2, -0.15) is 0 Å². The topological polar surface area (TPSA) is 104 Å². The van der Waals surface area contributed by atoms with Crippen LogP contribution in [0.15, 0.2) is 11.1 Å². The minimum Gasteiger partial charge on any atom is -0.394 e. The molecule has 2 heterocycles. The highest BCUT2D eigenvalue weighted by atomic mass is 16.5. The van der Waals surface area contributed by atoms with Gasteiger partial charge in [-0.15, -0.1) is 0 Å². The minimum atomic E-state index is -0.428. The number of aliphatic hydroxyl groups excluding tert-OH is 1. The monoisotopic (exact) mass is 254 g/mol. The van der Waals surface area contributed by atoms with E-state index in [9.17, 15) is 9.90 Å². The van der Waals surface area contributed by atoms with E-state index in [1.165, 1.54) is 6.33 Å². The van der Waals surface area contributed by atoms with Crippen molar-refractivity contribution in [1.29, 1.82) is 0 Å². The average Bonchev–Trinajstić information content (AvgIpc) is 2.30. The van der Waals surface area contributed by atoms with Crippen LogP contribution in [0.4, 0.5) is 11.5 Å². The van der Waals surface area contributed by atoms with Crippen LogP contribution in [0.3, 0.4) is 0 Å². The molecule has 1 unspecified atom stereocenters. The fourth-order valence-corrected chi connectivity index (χ4v) is 2.20. The van der Waals surface area contributed by atoms with Crippen molar-refractivity contribution in [2.24, 2.45) is 0 Å². The number of aromatic nitrogens is 2. The Morgan fingerprint density at radius 1 is 1.72 bits per heavy atom. The van der Waals surface area contributed by atoms with Crippen molar-refractivity contribution >= 4 is 11.5 Å². The van der Waals surface area contributed by atoms with Crippen LogP contribution in [0.25, 0.3) is 0 Å². The van der Waals surface area contributed by atoms with Gasteiger partial charge in [0.25, 0.3) is 5.56 Å². The number of hydrogen-bond donors (Lipinski definition) is 3. The highest BCUT2D eigenvalue weighted by Gasteiger charge is 2.34. The van der Waals surface area contributed by atoms with E-state index in [-0.39, 0.29) is 24.0 Å². The van der Waals surface area contributed by atoms with Gasteiger partial charge in [-0.05, 0) is 13.8 Å². The smallest absolute Gasteiger partial charge is 0.276 e. The zero-order valence-electron chi connectivity index (χ0n) is 10.5. The van der Waals surface area contributed by atoms with Gasteiger partial charge in [0.1, 0.15) is 5.69 Å². The lowest BCUT2D eigenvalue weighted by molar-refractivity contribution is -0.101. The zero-order chi connectivity index (χ0) is 13.3. The molecule has 100 valence electrons. The summed E-state index contributed by atoms with van der Waals surface area (Å²) in [5.74, 6) is 0.438. The lowest BCUT2D eigenvalue weighted by Gasteiger charge is -2.42. The van der Waals surface area contributed by atoms with Crippen LogP contribution in [0.5, 0.6) is 0 Å². The third kappa shape index (κ3) is 2.46. The van der Waals surface area contributed by atoms with Gasteiger partial charge in [0.15, 0.2) is 5.82 Å². The predicted octanol–water partition coefficient (Wildman–Crippen LogP) is -0.672. The fraction of sp³-hybridized carbons (Fsp3) is 0.636. The summed E-state index contributed by atoms with van der Waals surface area (Å²) in [4.78, 5) is 19.9. The molecule has 1 aliphatic heterocycles. The van der Waals surface area contributed by atoms with Crippen molar-refractivity contribution in [3.05, 3.63) is 16.7 Å². The summed E-state index contributed by atoms with van der Waals surface area (Å²) < 4.78 is 5.70. The lowest BCUT2D eigenvalue weighted by Crippen LogP contribution is -2.54. The van der Waals surface area contributed by atoms with Gasteiger partial charge < -0.3 is 25.5 Å². The van der Waals surface area contributed by atoms with Gasteiger partial charge in [-0.3, -0.25) is 4.79 Å². The number of aromatic amines is 1. The Bertz CT molecular complexity index is 485. The van der Waals surface area contributed by atoms with Crippen LogP contribution in [0, 0.1) is 0 Å².